The summed E-state index contributed by atoms with van der Waals surface area (Å²) in [4.78, 5) is 0. The highest BCUT2D eigenvalue weighted by Gasteiger charge is 2.37. The SMILES string of the molecule is CC.CC(C)C1(C#N)CCOC1. The van der Waals surface area contributed by atoms with Crippen LogP contribution in [-0.4, -0.2) is 13.2 Å². The van der Waals surface area contributed by atoms with Gasteiger partial charge in [0.05, 0.1) is 18.1 Å². The Hall–Kier alpha value is -0.550. The molecule has 1 rings (SSSR count). The van der Waals surface area contributed by atoms with Gasteiger partial charge in [0.2, 0.25) is 0 Å². The lowest BCUT2D eigenvalue weighted by Crippen LogP contribution is -2.25. The Labute approximate surface area is 75.5 Å². The van der Waals surface area contributed by atoms with Crippen LogP contribution in [0.1, 0.15) is 34.1 Å². The second-order valence-electron chi connectivity index (χ2n) is 3.23. The first-order valence-electron chi connectivity index (χ1n) is 4.70. The largest absolute Gasteiger partial charge is 0.380 e. The number of ether oxygens (including phenoxy) is 1. The highest BCUT2D eigenvalue weighted by molar-refractivity contribution is 5.03. The summed E-state index contributed by atoms with van der Waals surface area (Å²) in [5.41, 5.74) is -0.181. The second kappa shape index (κ2) is 5.16. The topological polar surface area (TPSA) is 33.0 Å². The summed E-state index contributed by atoms with van der Waals surface area (Å²) in [7, 11) is 0. The molecule has 0 aromatic heterocycles. The number of nitrogens with zero attached hydrogens (tertiary/aromatic N) is 1. The van der Waals surface area contributed by atoms with Gasteiger partial charge >= 0.3 is 0 Å². The molecule has 0 saturated carbocycles. The Bertz CT molecular complexity index is 152. The first-order valence-corrected chi connectivity index (χ1v) is 4.70. The smallest absolute Gasteiger partial charge is 0.0851 e. The molecule has 1 aliphatic heterocycles. The fourth-order valence-electron chi connectivity index (χ4n) is 1.25. The van der Waals surface area contributed by atoms with E-state index in [0.29, 0.717) is 12.5 Å². The van der Waals surface area contributed by atoms with E-state index >= 15 is 0 Å². The van der Waals surface area contributed by atoms with Gasteiger partial charge in [0.25, 0.3) is 0 Å². The quantitative estimate of drug-likeness (QED) is 0.604. The molecule has 0 N–H and O–H groups in total. The summed E-state index contributed by atoms with van der Waals surface area (Å²) in [6, 6.07) is 2.35. The van der Waals surface area contributed by atoms with Crippen molar-refractivity contribution in [3.05, 3.63) is 0 Å². The lowest BCUT2D eigenvalue weighted by molar-refractivity contribution is 0.153. The van der Waals surface area contributed by atoms with Gasteiger partial charge < -0.3 is 4.74 Å². The van der Waals surface area contributed by atoms with Crippen molar-refractivity contribution in [2.24, 2.45) is 11.3 Å². The van der Waals surface area contributed by atoms with E-state index in [-0.39, 0.29) is 5.41 Å². The van der Waals surface area contributed by atoms with Crippen LogP contribution < -0.4 is 0 Å². The molecule has 1 heterocycles. The molecule has 0 amide bonds. The third-order valence-electron chi connectivity index (χ3n) is 2.38. The van der Waals surface area contributed by atoms with Crippen molar-refractivity contribution in [3.63, 3.8) is 0 Å². The number of hydrogen-bond donors (Lipinski definition) is 0. The first-order chi connectivity index (χ1) is 5.71. The molecule has 0 aromatic carbocycles. The lowest BCUT2D eigenvalue weighted by atomic mass is 9.78. The monoisotopic (exact) mass is 169 g/mol. The van der Waals surface area contributed by atoms with Crippen LogP contribution in [0.25, 0.3) is 0 Å². The average molecular weight is 169 g/mol. The molecule has 2 heteroatoms. The van der Waals surface area contributed by atoms with E-state index in [1.807, 2.05) is 13.8 Å². The molecule has 1 aliphatic rings. The van der Waals surface area contributed by atoms with Gasteiger partial charge in [-0.25, -0.2) is 0 Å². The summed E-state index contributed by atoms with van der Waals surface area (Å²) < 4.78 is 5.19. The Morgan fingerprint density at radius 1 is 1.42 bits per heavy atom. The van der Waals surface area contributed by atoms with E-state index in [1.165, 1.54) is 0 Å². The summed E-state index contributed by atoms with van der Waals surface area (Å²) >= 11 is 0. The van der Waals surface area contributed by atoms with E-state index in [0.717, 1.165) is 13.0 Å². The maximum atomic E-state index is 8.86. The number of rotatable bonds is 1. The maximum Gasteiger partial charge on any atom is 0.0851 e. The van der Waals surface area contributed by atoms with Crippen LogP contribution in [0, 0.1) is 22.7 Å². The van der Waals surface area contributed by atoms with Crippen LogP contribution in [-0.2, 0) is 4.74 Å². The molecular weight excluding hydrogens is 150 g/mol. The van der Waals surface area contributed by atoms with Gasteiger partial charge in [0.15, 0.2) is 0 Å². The second-order valence-corrected chi connectivity index (χ2v) is 3.23. The minimum atomic E-state index is -0.181. The summed E-state index contributed by atoms with van der Waals surface area (Å²) in [6.45, 7) is 9.54. The predicted octanol–water partition coefficient (Wildman–Crippen LogP) is 2.60. The molecule has 0 bridgehead atoms. The zero-order valence-electron chi connectivity index (χ0n) is 8.55. The number of nitriles is 1. The van der Waals surface area contributed by atoms with Gasteiger partial charge in [-0.1, -0.05) is 27.7 Å². The van der Waals surface area contributed by atoms with Crippen LogP contribution in [0.5, 0.6) is 0 Å². The average Bonchev–Trinajstić information content (AvgIpc) is 2.57. The Morgan fingerprint density at radius 3 is 2.17 bits per heavy atom. The fourth-order valence-corrected chi connectivity index (χ4v) is 1.25. The van der Waals surface area contributed by atoms with Gasteiger partial charge in [-0.05, 0) is 12.3 Å². The van der Waals surface area contributed by atoms with Crippen molar-refractivity contribution in [1.82, 2.24) is 0 Å². The standard InChI is InChI=1S/C8H13NO.C2H6/c1-7(2)8(5-9)3-4-10-6-8;1-2/h7H,3-4,6H2,1-2H3;1-2H3. The fraction of sp³-hybridized carbons (Fsp3) is 0.900. The van der Waals surface area contributed by atoms with Gasteiger partial charge in [-0.3, -0.25) is 0 Å². The van der Waals surface area contributed by atoms with E-state index in [2.05, 4.69) is 19.9 Å². The first kappa shape index (κ1) is 11.4. The van der Waals surface area contributed by atoms with E-state index in [4.69, 9.17) is 10.00 Å². The number of hydrogen-bond acceptors (Lipinski definition) is 2. The van der Waals surface area contributed by atoms with Crippen molar-refractivity contribution >= 4 is 0 Å². The van der Waals surface area contributed by atoms with Crippen molar-refractivity contribution in [2.75, 3.05) is 13.2 Å². The summed E-state index contributed by atoms with van der Waals surface area (Å²) in [5, 5.41) is 8.86. The van der Waals surface area contributed by atoms with Crippen LogP contribution in [0.15, 0.2) is 0 Å². The van der Waals surface area contributed by atoms with Gasteiger partial charge in [-0.15, -0.1) is 0 Å². The normalized spacial score (nSPS) is 27.7. The molecular formula is C10H19NO. The Balaban J connectivity index is 0.000000561. The van der Waals surface area contributed by atoms with Gasteiger partial charge in [0, 0.05) is 6.61 Å². The molecule has 0 radical (unpaired) electrons. The molecule has 0 aromatic rings. The molecule has 12 heavy (non-hydrogen) atoms. The molecule has 1 fully saturated rings. The Kier molecular flexibility index (Phi) is 4.92. The molecule has 2 nitrogen and oxygen atoms in total. The third-order valence-corrected chi connectivity index (χ3v) is 2.38. The van der Waals surface area contributed by atoms with E-state index in [9.17, 15) is 0 Å². The third kappa shape index (κ3) is 2.22. The minimum Gasteiger partial charge on any atom is -0.380 e. The predicted molar refractivity (Wildman–Crippen MR) is 49.7 cm³/mol. The highest BCUT2D eigenvalue weighted by atomic mass is 16.5. The van der Waals surface area contributed by atoms with Crippen molar-refractivity contribution < 1.29 is 4.74 Å². The van der Waals surface area contributed by atoms with Crippen LogP contribution in [0.2, 0.25) is 0 Å². The molecule has 1 atom stereocenters. The van der Waals surface area contributed by atoms with E-state index < -0.39 is 0 Å². The lowest BCUT2D eigenvalue weighted by Gasteiger charge is -2.22. The van der Waals surface area contributed by atoms with Crippen LogP contribution in [0.3, 0.4) is 0 Å². The van der Waals surface area contributed by atoms with Gasteiger partial charge in [0.1, 0.15) is 0 Å². The molecule has 0 spiro atoms. The minimum absolute atomic E-state index is 0.181. The Morgan fingerprint density at radius 2 is 2.00 bits per heavy atom. The van der Waals surface area contributed by atoms with Crippen LogP contribution >= 0.6 is 0 Å². The molecule has 1 unspecified atom stereocenters. The maximum absolute atomic E-state index is 8.86. The van der Waals surface area contributed by atoms with Crippen molar-refractivity contribution in [3.8, 4) is 6.07 Å². The zero-order chi connectivity index (χ0) is 9.61. The summed E-state index contributed by atoms with van der Waals surface area (Å²) in [6.07, 6.45) is 0.904. The van der Waals surface area contributed by atoms with E-state index in [1.54, 1.807) is 0 Å². The molecule has 0 aliphatic carbocycles. The van der Waals surface area contributed by atoms with Crippen molar-refractivity contribution in [1.29, 1.82) is 5.26 Å². The van der Waals surface area contributed by atoms with Gasteiger partial charge in [-0.2, -0.15) is 5.26 Å². The highest BCUT2D eigenvalue weighted by Crippen LogP contribution is 2.35. The van der Waals surface area contributed by atoms with Crippen molar-refractivity contribution in [2.45, 2.75) is 34.1 Å². The summed E-state index contributed by atoms with van der Waals surface area (Å²) in [5.74, 6) is 0.417. The molecule has 1 saturated heterocycles. The molecule has 70 valence electrons. The zero-order valence-corrected chi connectivity index (χ0v) is 8.55. The van der Waals surface area contributed by atoms with Crippen LogP contribution in [0.4, 0.5) is 0 Å².